The first-order valence-corrected chi connectivity index (χ1v) is 6.12. The maximum atomic E-state index is 13.4. The summed E-state index contributed by atoms with van der Waals surface area (Å²) in [5.41, 5.74) is 1.11. The maximum Gasteiger partial charge on any atom is 0.201 e. The molecule has 0 aliphatic rings. The molecular formula is C15H15F2NO. The summed E-state index contributed by atoms with van der Waals surface area (Å²) in [4.78, 5) is 0. The van der Waals surface area contributed by atoms with Crippen LogP contribution in [-0.2, 0) is 6.54 Å². The van der Waals surface area contributed by atoms with Crippen LogP contribution in [0.3, 0.4) is 0 Å². The van der Waals surface area contributed by atoms with E-state index in [0.717, 1.165) is 24.7 Å². The smallest absolute Gasteiger partial charge is 0.201 e. The Bertz CT molecular complexity index is 540. The van der Waals surface area contributed by atoms with Crippen LogP contribution in [0.5, 0.6) is 11.5 Å². The van der Waals surface area contributed by atoms with Crippen molar-refractivity contribution in [2.75, 3.05) is 6.54 Å². The Morgan fingerprint density at radius 3 is 2.47 bits per heavy atom. The lowest BCUT2D eigenvalue weighted by atomic mass is 10.2. The standard InChI is InChI=1S/C15H15F2NO/c1-2-18-10-11-6-8-12(9-7-11)19-14-5-3-4-13(16)15(14)17/h3-9,18H,2,10H2,1H3. The molecule has 0 spiro atoms. The van der Waals surface area contributed by atoms with Gasteiger partial charge < -0.3 is 10.1 Å². The van der Waals surface area contributed by atoms with E-state index in [1.54, 1.807) is 12.1 Å². The highest BCUT2D eigenvalue weighted by atomic mass is 19.2. The molecule has 4 heteroatoms. The number of hydrogen-bond acceptors (Lipinski definition) is 2. The monoisotopic (exact) mass is 263 g/mol. The molecule has 2 rings (SSSR count). The van der Waals surface area contributed by atoms with Gasteiger partial charge in [-0.1, -0.05) is 25.1 Å². The summed E-state index contributed by atoms with van der Waals surface area (Å²) in [7, 11) is 0. The Kier molecular flexibility index (Phi) is 4.47. The lowest BCUT2D eigenvalue weighted by molar-refractivity contribution is 0.416. The summed E-state index contributed by atoms with van der Waals surface area (Å²) >= 11 is 0. The second-order valence-corrected chi connectivity index (χ2v) is 4.08. The van der Waals surface area contributed by atoms with Crippen molar-refractivity contribution in [2.45, 2.75) is 13.5 Å². The molecule has 0 fully saturated rings. The topological polar surface area (TPSA) is 21.3 Å². The molecule has 0 unspecified atom stereocenters. The van der Waals surface area contributed by atoms with Crippen LogP contribution in [0.15, 0.2) is 42.5 Å². The average Bonchev–Trinajstić information content (AvgIpc) is 2.43. The van der Waals surface area contributed by atoms with E-state index in [1.807, 2.05) is 19.1 Å². The largest absolute Gasteiger partial charge is 0.454 e. The quantitative estimate of drug-likeness (QED) is 0.884. The second-order valence-electron chi connectivity index (χ2n) is 4.08. The van der Waals surface area contributed by atoms with Gasteiger partial charge in [0.1, 0.15) is 5.75 Å². The Morgan fingerprint density at radius 2 is 1.79 bits per heavy atom. The van der Waals surface area contributed by atoms with Crippen molar-refractivity contribution < 1.29 is 13.5 Å². The summed E-state index contributed by atoms with van der Waals surface area (Å²) in [5, 5.41) is 3.20. The Balaban J connectivity index is 2.09. The van der Waals surface area contributed by atoms with E-state index in [9.17, 15) is 8.78 Å². The normalized spacial score (nSPS) is 10.5. The van der Waals surface area contributed by atoms with E-state index in [2.05, 4.69) is 5.32 Å². The fourth-order valence-corrected chi connectivity index (χ4v) is 1.63. The number of ether oxygens (including phenoxy) is 1. The Hall–Kier alpha value is -1.94. The van der Waals surface area contributed by atoms with Crippen LogP contribution in [0.2, 0.25) is 0 Å². The lowest BCUT2D eigenvalue weighted by Crippen LogP contribution is -2.11. The minimum Gasteiger partial charge on any atom is -0.454 e. The molecule has 0 bridgehead atoms. The Morgan fingerprint density at radius 1 is 1.05 bits per heavy atom. The average molecular weight is 263 g/mol. The van der Waals surface area contributed by atoms with Gasteiger partial charge in [-0.25, -0.2) is 4.39 Å². The van der Waals surface area contributed by atoms with E-state index in [1.165, 1.54) is 12.1 Å². The van der Waals surface area contributed by atoms with E-state index >= 15 is 0 Å². The van der Waals surface area contributed by atoms with Crippen molar-refractivity contribution in [1.82, 2.24) is 5.32 Å². The van der Waals surface area contributed by atoms with Crippen molar-refractivity contribution in [2.24, 2.45) is 0 Å². The molecule has 1 N–H and O–H groups in total. The number of hydrogen-bond donors (Lipinski definition) is 1. The van der Waals surface area contributed by atoms with Gasteiger partial charge in [0.2, 0.25) is 5.82 Å². The maximum absolute atomic E-state index is 13.4. The number of halogens is 2. The lowest BCUT2D eigenvalue weighted by Gasteiger charge is -2.08. The molecule has 0 aromatic heterocycles. The van der Waals surface area contributed by atoms with Crippen molar-refractivity contribution >= 4 is 0 Å². The molecular weight excluding hydrogens is 248 g/mol. The van der Waals surface area contributed by atoms with Gasteiger partial charge in [0.15, 0.2) is 11.6 Å². The molecule has 0 atom stereocenters. The molecule has 0 amide bonds. The third kappa shape index (κ3) is 3.51. The van der Waals surface area contributed by atoms with Crippen LogP contribution in [0.25, 0.3) is 0 Å². The van der Waals surface area contributed by atoms with Crippen LogP contribution in [0, 0.1) is 11.6 Å². The molecule has 0 radical (unpaired) electrons. The minimum atomic E-state index is -0.973. The Labute approximate surface area is 111 Å². The van der Waals surface area contributed by atoms with Crippen molar-refractivity contribution in [3.8, 4) is 11.5 Å². The highest BCUT2D eigenvalue weighted by Gasteiger charge is 2.09. The summed E-state index contributed by atoms with van der Waals surface area (Å²) in [6, 6.07) is 11.1. The molecule has 2 aromatic carbocycles. The van der Waals surface area contributed by atoms with E-state index in [-0.39, 0.29) is 5.75 Å². The first kappa shape index (κ1) is 13.5. The fourth-order valence-electron chi connectivity index (χ4n) is 1.63. The summed E-state index contributed by atoms with van der Waals surface area (Å²) in [6.45, 7) is 3.70. The zero-order valence-electron chi connectivity index (χ0n) is 10.6. The first-order valence-electron chi connectivity index (χ1n) is 6.12. The second kappa shape index (κ2) is 6.29. The molecule has 0 heterocycles. The third-order valence-electron chi connectivity index (χ3n) is 2.65. The first-order chi connectivity index (χ1) is 9.20. The SMILES string of the molecule is CCNCc1ccc(Oc2cccc(F)c2F)cc1. The fraction of sp³-hybridized carbons (Fsp3) is 0.200. The van der Waals surface area contributed by atoms with Gasteiger partial charge in [-0.15, -0.1) is 0 Å². The van der Waals surface area contributed by atoms with Gasteiger partial charge in [-0.3, -0.25) is 0 Å². The zero-order valence-corrected chi connectivity index (χ0v) is 10.6. The highest BCUT2D eigenvalue weighted by molar-refractivity contribution is 5.34. The predicted molar refractivity (Wildman–Crippen MR) is 70.3 cm³/mol. The molecule has 0 aliphatic heterocycles. The molecule has 0 aliphatic carbocycles. The third-order valence-corrected chi connectivity index (χ3v) is 2.65. The van der Waals surface area contributed by atoms with Crippen LogP contribution >= 0.6 is 0 Å². The molecule has 0 saturated carbocycles. The minimum absolute atomic E-state index is 0.112. The number of nitrogens with one attached hydrogen (secondary N) is 1. The molecule has 2 aromatic rings. The van der Waals surface area contributed by atoms with E-state index in [0.29, 0.717) is 5.75 Å². The predicted octanol–water partition coefficient (Wildman–Crippen LogP) is 3.87. The number of benzene rings is 2. The van der Waals surface area contributed by atoms with Gasteiger partial charge in [-0.05, 0) is 36.4 Å². The molecule has 2 nitrogen and oxygen atoms in total. The van der Waals surface area contributed by atoms with Crippen molar-refractivity contribution in [1.29, 1.82) is 0 Å². The zero-order chi connectivity index (χ0) is 13.7. The van der Waals surface area contributed by atoms with Gasteiger partial charge in [0.05, 0.1) is 0 Å². The molecule has 19 heavy (non-hydrogen) atoms. The van der Waals surface area contributed by atoms with E-state index < -0.39 is 11.6 Å². The van der Waals surface area contributed by atoms with Crippen LogP contribution in [0.1, 0.15) is 12.5 Å². The van der Waals surface area contributed by atoms with Crippen LogP contribution in [0.4, 0.5) is 8.78 Å². The van der Waals surface area contributed by atoms with Gasteiger partial charge in [0, 0.05) is 6.54 Å². The van der Waals surface area contributed by atoms with E-state index in [4.69, 9.17) is 4.74 Å². The highest BCUT2D eigenvalue weighted by Crippen LogP contribution is 2.25. The van der Waals surface area contributed by atoms with Gasteiger partial charge >= 0.3 is 0 Å². The van der Waals surface area contributed by atoms with Crippen molar-refractivity contribution in [3.63, 3.8) is 0 Å². The molecule has 100 valence electrons. The van der Waals surface area contributed by atoms with Gasteiger partial charge in [0.25, 0.3) is 0 Å². The van der Waals surface area contributed by atoms with Gasteiger partial charge in [-0.2, -0.15) is 4.39 Å². The summed E-state index contributed by atoms with van der Waals surface area (Å²) < 4.78 is 31.8. The number of rotatable bonds is 5. The summed E-state index contributed by atoms with van der Waals surface area (Å²) in [6.07, 6.45) is 0. The molecule has 0 saturated heterocycles. The van der Waals surface area contributed by atoms with Crippen molar-refractivity contribution in [3.05, 3.63) is 59.7 Å². The van der Waals surface area contributed by atoms with Crippen LogP contribution < -0.4 is 10.1 Å². The summed E-state index contributed by atoms with van der Waals surface area (Å²) in [5.74, 6) is -1.52. The van der Waals surface area contributed by atoms with Crippen LogP contribution in [-0.4, -0.2) is 6.54 Å².